The van der Waals surface area contributed by atoms with Gasteiger partial charge in [-0.05, 0) is 48.5 Å². The minimum atomic E-state index is -3.89. The van der Waals surface area contributed by atoms with Gasteiger partial charge < -0.3 is 10.2 Å². The zero-order chi connectivity index (χ0) is 26.7. The molecule has 0 atom stereocenters. The van der Waals surface area contributed by atoms with E-state index >= 15 is 0 Å². The van der Waals surface area contributed by atoms with E-state index in [0.29, 0.717) is 23.6 Å². The van der Waals surface area contributed by atoms with Gasteiger partial charge >= 0.3 is 0 Å². The molecule has 39 heavy (non-hydrogen) atoms. The molecule has 0 bridgehead atoms. The number of aromatic nitrogens is 1. The highest BCUT2D eigenvalue weighted by atomic mass is 35.5. The first-order chi connectivity index (χ1) is 18.3. The molecule has 1 fully saturated rings. The number of fused-ring (bicyclic) bond motifs is 1. The molecule has 8 nitrogen and oxygen atoms in total. The van der Waals surface area contributed by atoms with Crippen LogP contribution in [0.2, 0.25) is 5.02 Å². The van der Waals surface area contributed by atoms with Crippen LogP contribution in [0, 0.1) is 5.82 Å². The molecule has 5 rings (SSSR count). The first-order valence-electron chi connectivity index (χ1n) is 12.0. The van der Waals surface area contributed by atoms with Crippen LogP contribution in [0.3, 0.4) is 0 Å². The average Bonchev–Trinajstić information content (AvgIpc) is 3.35. The number of amides is 1. The number of carbonyl (C=O) groups excluding carboxylic acids is 1. The van der Waals surface area contributed by atoms with Crippen LogP contribution in [0.1, 0.15) is 10.4 Å². The van der Waals surface area contributed by atoms with Crippen LogP contribution in [0.25, 0.3) is 10.2 Å². The molecule has 4 aromatic rings. The predicted molar refractivity (Wildman–Crippen MR) is 157 cm³/mol. The van der Waals surface area contributed by atoms with E-state index in [9.17, 15) is 17.6 Å². The maximum absolute atomic E-state index is 14.0. The van der Waals surface area contributed by atoms with Crippen molar-refractivity contribution in [1.82, 2.24) is 15.2 Å². The summed E-state index contributed by atoms with van der Waals surface area (Å²) in [6, 6.07) is 17.3. The minimum Gasteiger partial charge on any atom is -0.351 e. The standard InChI is InChI=1S/C26H25ClFN5O3S2.ClH/c27-18-8-10-19(11-9-18)38(35,36)31-22-6-2-1-4-20(22)25(34)29-12-13-32-14-16-33(17-15-32)26-30-24-21(28)5-3-7-23(24)37-26;/h1-11,31H,12-17H2,(H,29,34);1H. The van der Waals surface area contributed by atoms with Crippen LogP contribution in [0.15, 0.2) is 71.6 Å². The lowest BCUT2D eigenvalue weighted by Gasteiger charge is -2.34. The van der Waals surface area contributed by atoms with Crippen molar-refractivity contribution in [3.8, 4) is 0 Å². The Morgan fingerprint density at radius 2 is 1.72 bits per heavy atom. The van der Waals surface area contributed by atoms with Crippen molar-refractivity contribution >= 4 is 72.3 Å². The number of rotatable bonds is 8. The number of carbonyl (C=O) groups is 1. The van der Waals surface area contributed by atoms with E-state index in [1.165, 1.54) is 41.7 Å². The number of benzene rings is 3. The molecule has 13 heteroatoms. The van der Waals surface area contributed by atoms with Crippen molar-refractivity contribution in [2.24, 2.45) is 0 Å². The van der Waals surface area contributed by atoms with Crippen molar-refractivity contribution in [2.45, 2.75) is 4.90 Å². The Labute approximate surface area is 241 Å². The normalized spacial score (nSPS) is 14.2. The Kier molecular flexibility index (Phi) is 9.29. The van der Waals surface area contributed by atoms with Crippen LogP contribution < -0.4 is 14.9 Å². The first-order valence-corrected chi connectivity index (χ1v) is 14.7. The third kappa shape index (κ3) is 6.79. The summed E-state index contributed by atoms with van der Waals surface area (Å²) in [4.78, 5) is 21.8. The summed E-state index contributed by atoms with van der Waals surface area (Å²) in [6.07, 6.45) is 0. The number of thiazole rings is 1. The largest absolute Gasteiger partial charge is 0.351 e. The van der Waals surface area contributed by atoms with Crippen LogP contribution in [0.5, 0.6) is 0 Å². The summed E-state index contributed by atoms with van der Waals surface area (Å²) >= 11 is 7.35. The summed E-state index contributed by atoms with van der Waals surface area (Å²) in [6.45, 7) is 4.13. The van der Waals surface area contributed by atoms with Gasteiger partial charge in [0.05, 0.1) is 20.8 Å². The number of sulfonamides is 1. The minimum absolute atomic E-state index is 0. The Bertz CT molecular complexity index is 1560. The van der Waals surface area contributed by atoms with Crippen molar-refractivity contribution in [1.29, 1.82) is 0 Å². The Balaban J connectivity index is 0.00000353. The van der Waals surface area contributed by atoms with E-state index in [0.717, 1.165) is 36.0 Å². The van der Waals surface area contributed by atoms with Crippen molar-refractivity contribution in [3.63, 3.8) is 0 Å². The lowest BCUT2D eigenvalue weighted by molar-refractivity contribution is 0.0948. The zero-order valence-corrected chi connectivity index (χ0v) is 23.8. The van der Waals surface area contributed by atoms with E-state index in [4.69, 9.17) is 11.6 Å². The van der Waals surface area contributed by atoms with Gasteiger partial charge in [0.2, 0.25) is 0 Å². The Morgan fingerprint density at radius 3 is 2.44 bits per heavy atom. The number of nitrogens with one attached hydrogen (secondary N) is 2. The van der Waals surface area contributed by atoms with Crippen molar-refractivity contribution < 1.29 is 17.6 Å². The van der Waals surface area contributed by atoms with Crippen LogP contribution in [-0.4, -0.2) is 63.5 Å². The molecule has 2 heterocycles. The van der Waals surface area contributed by atoms with E-state index in [1.54, 1.807) is 30.3 Å². The summed E-state index contributed by atoms with van der Waals surface area (Å²) in [5.41, 5.74) is 0.840. The molecule has 1 amide bonds. The van der Waals surface area contributed by atoms with Crippen molar-refractivity contribution in [2.75, 3.05) is 48.9 Å². The molecule has 1 aliphatic heterocycles. The third-order valence-corrected chi connectivity index (χ3v) is 8.97. The van der Waals surface area contributed by atoms with Gasteiger partial charge in [-0.1, -0.05) is 41.1 Å². The molecule has 1 saturated heterocycles. The molecular weight excluding hydrogens is 584 g/mol. The number of hydrogen-bond donors (Lipinski definition) is 2. The SMILES string of the molecule is Cl.O=C(NCCN1CCN(c2nc3c(F)cccc3s2)CC1)c1ccccc1NS(=O)(=O)c1ccc(Cl)cc1. The van der Waals surface area contributed by atoms with E-state index in [1.807, 2.05) is 6.07 Å². The fourth-order valence-corrected chi connectivity index (χ4v) is 6.45. The van der Waals surface area contributed by atoms with Gasteiger partial charge in [0, 0.05) is 44.3 Å². The van der Waals surface area contributed by atoms with Gasteiger partial charge in [-0.15, -0.1) is 12.4 Å². The lowest BCUT2D eigenvalue weighted by atomic mass is 10.1. The van der Waals surface area contributed by atoms with Gasteiger partial charge in [0.15, 0.2) is 5.13 Å². The highest BCUT2D eigenvalue weighted by Gasteiger charge is 2.22. The Morgan fingerprint density at radius 1 is 1.00 bits per heavy atom. The molecule has 1 aromatic heterocycles. The van der Waals surface area contributed by atoms with Gasteiger partial charge in [0.25, 0.3) is 15.9 Å². The zero-order valence-electron chi connectivity index (χ0n) is 20.6. The van der Waals surface area contributed by atoms with Gasteiger partial charge in [-0.3, -0.25) is 14.4 Å². The number of nitrogens with zero attached hydrogens (tertiary/aromatic N) is 3. The van der Waals surface area contributed by atoms with E-state index < -0.39 is 10.0 Å². The summed E-state index contributed by atoms with van der Waals surface area (Å²) in [5.74, 6) is -0.673. The molecule has 2 N–H and O–H groups in total. The van der Waals surface area contributed by atoms with Crippen LogP contribution >= 0.6 is 35.3 Å². The molecule has 0 radical (unpaired) electrons. The second kappa shape index (κ2) is 12.5. The molecule has 1 aliphatic rings. The summed E-state index contributed by atoms with van der Waals surface area (Å²) in [5, 5.41) is 4.13. The monoisotopic (exact) mass is 609 g/mol. The van der Waals surface area contributed by atoms with Gasteiger partial charge in [-0.25, -0.2) is 17.8 Å². The van der Waals surface area contributed by atoms with Crippen LogP contribution in [0.4, 0.5) is 15.2 Å². The number of halogens is 3. The van der Waals surface area contributed by atoms with E-state index in [2.05, 4.69) is 24.8 Å². The number of hydrogen-bond acceptors (Lipinski definition) is 7. The number of para-hydroxylation sites is 2. The highest BCUT2D eigenvalue weighted by molar-refractivity contribution is 7.92. The third-order valence-electron chi connectivity index (χ3n) is 6.25. The quantitative estimate of drug-likeness (QED) is 0.296. The fraction of sp³-hybridized carbons (Fsp3) is 0.231. The molecule has 0 saturated carbocycles. The molecule has 0 aliphatic carbocycles. The lowest BCUT2D eigenvalue weighted by Crippen LogP contribution is -2.48. The Hall–Kier alpha value is -2.96. The molecular formula is C26H26Cl2FN5O3S2. The number of piperazine rings is 1. The van der Waals surface area contributed by atoms with Gasteiger partial charge in [-0.2, -0.15) is 0 Å². The molecule has 206 valence electrons. The fourth-order valence-electron chi connectivity index (χ4n) is 4.21. The summed E-state index contributed by atoms with van der Waals surface area (Å²) in [7, 11) is -3.89. The maximum atomic E-state index is 14.0. The topological polar surface area (TPSA) is 94.6 Å². The van der Waals surface area contributed by atoms with Gasteiger partial charge in [0.1, 0.15) is 11.3 Å². The molecule has 0 spiro atoms. The van der Waals surface area contributed by atoms with Crippen LogP contribution in [-0.2, 0) is 10.0 Å². The smallest absolute Gasteiger partial charge is 0.261 e. The molecule has 0 unspecified atom stereocenters. The second-order valence-electron chi connectivity index (χ2n) is 8.77. The first kappa shape index (κ1) is 29.0. The maximum Gasteiger partial charge on any atom is 0.261 e. The van der Waals surface area contributed by atoms with Crippen molar-refractivity contribution in [3.05, 3.63) is 83.1 Å². The second-order valence-corrected chi connectivity index (χ2v) is 11.9. The molecule has 3 aromatic carbocycles. The predicted octanol–water partition coefficient (Wildman–Crippen LogP) is 4.86. The highest BCUT2D eigenvalue weighted by Crippen LogP contribution is 2.30. The summed E-state index contributed by atoms with van der Waals surface area (Å²) < 4.78 is 42.9. The van der Waals surface area contributed by atoms with E-state index in [-0.39, 0.29) is 40.3 Å². The average molecular weight is 611 g/mol. The number of anilines is 2.